The van der Waals surface area contributed by atoms with Crippen LogP contribution in [0.3, 0.4) is 0 Å². The highest BCUT2D eigenvalue weighted by Crippen LogP contribution is 2.30. The maximum absolute atomic E-state index is 9.39. The highest BCUT2D eigenvalue weighted by molar-refractivity contribution is 5.62. The average molecular weight is 474 g/mol. The van der Waals surface area contributed by atoms with Gasteiger partial charge in [0.15, 0.2) is 12.1 Å². The van der Waals surface area contributed by atoms with Crippen molar-refractivity contribution < 1.29 is 28.3 Å². The van der Waals surface area contributed by atoms with Crippen molar-refractivity contribution in [2.75, 3.05) is 13.2 Å². The fourth-order valence-corrected chi connectivity index (χ4v) is 4.19. The molecular weight excluding hydrogens is 434 g/mol. The minimum absolute atomic E-state index is 0.0301. The van der Waals surface area contributed by atoms with E-state index in [-0.39, 0.29) is 12.4 Å². The third-order valence-electron chi connectivity index (χ3n) is 6.19. The van der Waals surface area contributed by atoms with Crippen LogP contribution in [-0.4, -0.2) is 37.2 Å². The monoisotopic (exact) mass is 473 g/mol. The first kappa shape index (κ1) is 26.2. The molecule has 0 spiro atoms. The molecule has 1 atom stereocenters. The summed E-state index contributed by atoms with van der Waals surface area (Å²) in [6.07, 6.45) is 9.78. The molecule has 0 amide bonds. The Labute approximate surface area is 203 Å². The van der Waals surface area contributed by atoms with Gasteiger partial charge in [-0.15, -0.1) is 0 Å². The number of hydrogen-bond acceptors (Lipinski definition) is 7. The number of carbonyl (C=O) groups excluding carboxylic acids is 1. The van der Waals surface area contributed by atoms with Crippen molar-refractivity contribution in [1.29, 1.82) is 0 Å². The van der Waals surface area contributed by atoms with Crippen molar-refractivity contribution in [3.05, 3.63) is 35.5 Å². The summed E-state index contributed by atoms with van der Waals surface area (Å²) in [7, 11) is 0. The molecule has 2 aliphatic rings. The number of nitrogens with zero attached hydrogens (tertiary/aromatic N) is 1. The van der Waals surface area contributed by atoms with E-state index in [1.54, 1.807) is 13.8 Å². The number of hydrogen-bond donors (Lipinski definition) is 0. The molecule has 188 valence electrons. The minimum atomic E-state index is -0.119. The van der Waals surface area contributed by atoms with Crippen molar-refractivity contribution in [2.24, 2.45) is 5.92 Å². The smallest absolute Gasteiger partial charge is 0.293 e. The number of aromatic nitrogens is 1. The molecule has 4 rings (SSSR count). The topological polar surface area (TPSA) is 80.0 Å². The van der Waals surface area contributed by atoms with Gasteiger partial charge >= 0.3 is 0 Å². The number of carbonyl (C=O) groups is 1. The third kappa shape index (κ3) is 8.44. The SMILES string of the molecule is CC(C)OC=O.Cc1noc(-c2ccc(OCC3CCCCC3)cc2)c1COC1CCCCO1. The van der Waals surface area contributed by atoms with Crippen LogP contribution in [0.4, 0.5) is 0 Å². The van der Waals surface area contributed by atoms with Gasteiger partial charge in [-0.2, -0.15) is 0 Å². The van der Waals surface area contributed by atoms with E-state index in [0.29, 0.717) is 19.0 Å². The first-order chi connectivity index (χ1) is 16.6. The van der Waals surface area contributed by atoms with E-state index in [2.05, 4.69) is 9.89 Å². The van der Waals surface area contributed by atoms with Gasteiger partial charge in [0, 0.05) is 17.7 Å². The van der Waals surface area contributed by atoms with E-state index >= 15 is 0 Å². The Balaban J connectivity index is 0.000000481. The second kappa shape index (κ2) is 14.1. The van der Waals surface area contributed by atoms with Crippen LogP contribution >= 0.6 is 0 Å². The second-order valence-electron chi connectivity index (χ2n) is 9.30. The Bertz CT molecular complexity index is 835. The summed E-state index contributed by atoms with van der Waals surface area (Å²) in [5, 5.41) is 4.15. The number of ether oxygens (including phenoxy) is 4. The summed E-state index contributed by atoms with van der Waals surface area (Å²) in [6, 6.07) is 8.11. The number of rotatable bonds is 9. The van der Waals surface area contributed by atoms with Gasteiger partial charge in [0.2, 0.25) is 0 Å². The molecule has 2 fully saturated rings. The van der Waals surface area contributed by atoms with Crippen LogP contribution in [0.1, 0.15) is 76.5 Å². The molecule has 1 unspecified atom stereocenters. The largest absolute Gasteiger partial charge is 0.493 e. The Hall–Kier alpha value is -2.38. The van der Waals surface area contributed by atoms with Crippen molar-refractivity contribution in [3.8, 4) is 17.1 Å². The molecule has 0 bridgehead atoms. The number of benzene rings is 1. The maximum Gasteiger partial charge on any atom is 0.293 e. The molecule has 1 aliphatic carbocycles. The van der Waals surface area contributed by atoms with Crippen molar-refractivity contribution in [3.63, 3.8) is 0 Å². The lowest BCUT2D eigenvalue weighted by Gasteiger charge is -2.22. The van der Waals surface area contributed by atoms with E-state index in [1.807, 2.05) is 31.2 Å². The summed E-state index contributed by atoms with van der Waals surface area (Å²) in [4.78, 5) is 9.39. The van der Waals surface area contributed by atoms with E-state index < -0.39 is 0 Å². The van der Waals surface area contributed by atoms with Gasteiger partial charge in [0.05, 0.1) is 25.0 Å². The zero-order valence-electron chi connectivity index (χ0n) is 20.8. The van der Waals surface area contributed by atoms with E-state index in [9.17, 15) is 4.79 Å². The van der Waals surface area contributed by atoms with Gasteiger partial charge in [0.25, 0.3) is 6.47 Å². The van der Waals surface area contributed by atoms with E-state index in [0.717, 1.165) is 60.8 Å². The van der Waals surface area contributed by atoms with Crippen LogP contribution in [0.5, 0.6) is 5.75 Å². The zero-order valence-corrected chi connectivity index (χ0v) is 20.8. The maximum atomic E-state index is 9.39. The van der Waals surface area contributed by atoms with Crippen LogP contribution in [-0.2, 0) is 25.6 Å². The first-order valence-corrected chi connectivity index (χ1v) is 12.6. The Morgan fingerprint density at radius 3 is 2.41 bits per heavy atom. The van der Waals surface area contributed by atoms with Gasteiger partial charge in [-0.25, -0.2) is 0 Å². The molecule has 34 heavy (non-hydrogen) atoms. The molecule has 1 saturated carbocycles. The quantitative estimate of drug-likeness (QED) is 0.400. The van der Waals surface area contributed by atoms with Crippen LogP contribution < -0.4 is 4.74 Å². The first-order valence-electron chi connectivity index (χ1n) is 12.6. The second-order valence-corrected chi connectivity index (χ2v) is 9.30. The minimum Gasteiger partial charge on any atom is -0.493 e. The Kier molecular flexibility index (Phi) is 10.9. The molecule has 1 aromatic carbocycles. The molecule has 1 aromatic heterocycles. The summed E-state index contributed by atoms with van der Waals surface area (Å²) in [5.74, 6) is 2.39. The summed E-state index contributed by atoms with van der Waals surface area (Å²) < 4.78 is 27.6. The lowest BCUT2D eigenvalue weighted by atomic mass is 9.90. The lowest BCUT2D eigenvalue weighted by molar-refractivity contribution is -0.168. The molecule has 2 heterocycles. The predicted octanol–water partition coefficient (Wildman–Crippen LogP) is 6.22. The van der Waals surface area contributed by atoms with Gasteiger partial charge in [0.1, 0.15) is 5.75 Å². The molecule has 1 aliphatic heterocycles. The fraction of sp³-hybridized carbons (Fsp3) is 0.630. The van der Waals surface area contributed by atoms with Crippen LogP contribution in [0, 0.1) is 12.8 Å². The predicted molar refractivity (Wildman–Crippen MR) is 129 cm³/mol. The van der Waals surface area contributed by atoms with Crippen molar-refractivity contribution in [1.82, 2.24) is 5.16 Å². The summed E-state index contributed by atoms with van der Waals surface area (Å²) in [6.45, 7) is 8.06. The molecule has 0 radical (unpaired) electrons. The van der Waals surface area contributed by atoms with Crippen molar-refractivity contribution >= 4 is 6.47 Å². The zero-order chi connectivity index (χ0) is 24.2. The lowest BCUT2D eigenvalue weighted by Crippen LogP contribution is -2.22. The summed E-state index contributed by atoms with van der Waals surface area (Å²) in [5.41, 5.74) is 2.85. The van der Waals surface area contributed by atoms with Gasteiger partial charge in [-0.05, 0) is 83.1 Å². The Morgan fingerprint density at radius 2 is 1.79 bits per heavy atom. The standard InChI is InChI=1S/C23H31NO4.C4H8O2/c1-17-21(16-27-22-9-5-6-14-25-22)23(28-24-17)19-10-12-20(13-11-19)26-15-18-7-3-2-4-8-18;1-4(2)6-3-5/h10-13,18,22H,2-9,14-16H2,1H3;3-4H,1-2H3. The van der Waals surface area contributed by atoms with Crippen LogP contribution in [0.15, 0.2) is 28.8 Å². The van der Waals surface area contributed by atoms with Gasteiger partial charge in [-0.3, -0.25) is 4.79 Å². The Morgan fingerprint density at radius 1 is 1.06 bits per heavy atom. The molecule has 7 heteroatoms. The van der Waals surface area contributed by atoms with Crippen LogP contribution in [0.2, 0.25) is 0 Å². The highest BCUT2D eigenvalue weighted by Gasteiger charge is 2.20. The summed E-state index contributed by atoms with van der Waals surface area (Å²) >= 11 is 0. The van der Waals surface area contributed by atoms with Gasteiger partial charge in [-0.1, -0.05) is 24.4 Å². The average Bonchev–Trinajstić information content (AvgIpc) is 3.23. The van der Waals surface area contributed by atoms with E-state index in [4.69, 9.17) is 18.7 Å². The normalized spacial score (nSPS) is 18.8. The molecule has 2 aromatic rings. The highest BCUT2D eigenvalue weighted by atomic mass is 16.7. The van der Waals surface area contributed by atoms with Crippen LogP contribution in [0.25, 0.3) is 11.3 Å². The fourth-order valence-electron chi connectivity index (χ4n) is 4.19. The molecular formula is C27H39NO6. The van der Waals surface area contributed by atoms with Gasteiger partial charge < -0.3 is 23.5 Å². The third-order valence-corrected chi connectivity index (χ3v) is 6.19. The molecule has 7 nitrogen and oxygen atoms in total. The molecule has 0 N–H and O–H groups in total. The molecule has 1 saturated heterocycles. The van der Waals surface area contributed by atoms with E-state index in [1.165, 1.54) is 32.1 Å². The number of aryl methyl sites for hydroxylation is 1. The van der Waals surface area contributed by atoms with Crippen molar-refractivity contribution in [2.45, 2.75) is 91.1 Å².